The van der Waals surface area contributed by atoms with Crippen molar-refractivity contribution in [3.05, 3.63) is 70.6 Å². The van der Waals surface area contributed by atoms with E-state index >= 15 is 0 Å². The van der Waals surface area contributed by atoms with Crippen LogP contribution in [0.5, 0.6) is 0 Å². The number of nitrogens with one attached hydrogen (secondary N) is 2. The predicted molar refractivity (Wildman–Crippen MR) is 80.8 cm³/mol. The van der Waals surface area contributed by atoms with Crippen LogP contribution >= 0.6 is 0 Å². The van der Waals surface area contributed by atoms with Crippen molar-refractivity contribution < 1.29 is 18.7 Å². The number of amides is 1. The molecule has 0 aliphatic rings. The lowest BCUT2D eigenvalue weighted by molar-refractivity contribution is 0.0899. The Labute approximate surface area is 130 Å². The fourth-order valence-electron chi connectivity index (χ4n) is 2.09. The van der Waals surface area contributed by atoms with Crippen molar-refractivity contribution in [3.8, 4) is 11.5 Å². The van der Waals surface area contributed by atoms with E-state index in [0.29, 0.717) is 17.2 Å². The molecule has 3 N–H and O–H groups in total. The largest absolute Gasteiger partial charge is 0.467 e. The molecule has 118 valence electrons. The number of rotatable bonds is 5. The second kappa shape index (κ2) is 6.37. The average Bonchev–Trinajstić information content (AvgIpc) is 3.24. The van der Waals surface area contributed by atoms with Crippen LogP contribution < -0.4 is 10.9 Å². The van der Waals surface area contributed by atoms with E-state index in [0.717, 1.165) is 0 Å². The topological polar surface area (TPSA) is 108 Å². The Balaban J connectivity index is 1.69. The molecule has 3 aromatic rings. The Bertz CT molecular complexity index is 834. The first-order valence-corrected chi connectivity index (χ1v) is 6.92. The van der Waals surface area contributed by atoms with E-state index in [1.165, 1.54) is 18.6 Å². The highest BCUT2D eigenvalue weighted by atomic mass is 16.4. The summed E-state index contributed by atoms with van der Waals surface area (Å²) in [5, 5.41) is 12.3. The lowest BCUT2D eigenvalue weighted by Crippen LogP contribution is -2.32. The summed E-state index contributed by atoms with van der Waals surface area (Å²) in [6.45, 7) is -0.0638. The molecule has 1 unspecified atom stereocenters. The van der Waals surface area contributed by atoms with Gasteiger partial charge in [0.1, 0.15) is 23.2 Å². The van der Waals surface area contributed by atoms with Gasteiger partial charge in [-0.2, -0.15) is 0 Å². The molecule has 3 aromatic heterocycles. The first-order chi connectivity index (χ1) is 11.1. The molecule has 0 aliphatic carbocycles. The fourth-order valence-corrected chi connectivity index (χ4v) is 2.09. The van der Waals surface area contributed by atoms with Crippen LogP contribution in [0.2, 0.25) is 0 Å². The monoisotopic (exact) mass is 314 g/mol. The Morgan fingerprint density at radius 2 is 1.96 bits per heavy atom. The van der Waals surface area contributed by atoms with Crippen LogP contribution in [0.1, 0.15) is 22.2 Å². The lowest BCUT2D eigenvalue weighted by Gasteiger charge is -2.09. The molecule has 0 saturated carbocycles. The minimum atomic E-state index is -0.976. The molecule has 1 amide bonds. The van der Waals surface area contributed by atoms with E-state index in [1.807, 2.05) is 0 Å². The first-order valence-electron chi connectivity index (χ1n) is 6.92. The van der Waals surface area contributed by atoms with E-state index in [-0.39, 0.29) is 12.1 Å². The number of pyridine rings is 1. The van der Waals surface area contributed by atoms with Crippen LogP contribution in [-0.2, 0) is 0 Å². The third-order valence-corrected chi connectivity index (χ3v) is 3.27. The van der Waals surface area contributed by atoms with Gasteiger partial charge in [-0.15, -0.1) is 0 Å². The number of aromatic amines is 1. The molecular formula is C16H14N2O5. The van der Waals surface area contributed by atoms with Crippen molar-refractivity contribution in [2.24, 2.45) is 0 Å². The maximum atomic E-state index is 12.0. The highest BCUT2D eigenvalue weighted by Gasteiger charge is 2.15. The van der Waals surface area contributed by atoms with Crippen molar-refractivity contribution in [2.45, 2.75) is 6.10 Å². The van der Waals surface area contributed by atoms with Crippen molar-refractivity contribution in [1.29, 1.82) is 0 Å². The van der Waals surface area contributed by atoms with Gasteiger partial charge in [-0.25, -0.2) is 0 Å². The zero-order valence-corrected chi connectivity index (χ0v) is 12.0. The van der Waals surface area contributed by atoms with E-state index in [1.54, 1.807) is 30.3 Å². The van der Waals surface area contributed by atoms with Gasteiger partial charge in [-0.1, -0.05) is 0 Å². The zero-order chi connectivity index (χ0) is 16.2. The highest BCUT2D eigenvalue weighted by Crippen LogP contribution is 2.16. The smallest absolute Gasteiger partial charge is 0.261 e. The van der Waals surface area contributed by atoms with Gasteiger partial charge in [-0.05, 0) is 36.4 Å². The molecule has 3 rings (SSSR count). The van der Waals surface area contributed by atoms with Crippen molar-refractivity contribution in [3.63, 3.8) is 0 Å². The number of H-pyrrole nitrogens is 1. The minimum Gasteiger partial charge on any atom is -0.467 e. The minimum absolute atomic E-state index is 0.0491. The first kappa shape index (κ1) is 14.9. The summed E-state index contributed by atoms with van der Waals surface area (Å²) >= 11 is 0. The maximum absolute atomic E-state index is 12.0. The van der Waals surface area contributed by atoms with Crippen LogP contribution in [0, 0.1) is 0 Å². The summed E-state index contributed by atoms with van der Waals surface area (Å²) in [5.41, 5.74) is -0.108. The van der Waals surface area contributed by atoms with Gasteiger partial charge in [0, 0.05) is 0 Å². The summed E-state index contributed by atoms with van der Waals surface area (Å²) in [4.78, 5) is 26.6. The molecule has 3 heterocycles. The second-order valence-corrected chi connectivity index (χ2v) is 4.83. The third kappa shape index (κ3) is 3.24. The summed E-state index contributed by atoms with van der Waals surface area (Å²) in [6.07, 6.45) is 1.94. The molecule has 0 radical (unpaired) electrons. The molecule has 0 aromatic carbocycles. The number of aliphatic hydroxyl groups is 1. The van der Waals surface area contributed by atoms with Gasteiger partial charge in [0.15, 0.2) is 0 Å². The van der Waals surface area contributed by atoms with Crippen LogP contribution in [0.15, 0.2) is 62.6 Å². The van der Waals surface area contributed by atoms with Crippen LogP contribution in [0.25, 0.3) is 11.5 Å². The van der Waals surface area contributed by atoms with Crippen LogP contribution in [0.4, 0.5) is 0 Å². The van der Waals surface area contributed by atoms with Crippen molar-refractivity contribution in [2.75, 3.05) is 6.54 Å². The summed E-state index contributed by atoms with van der Waals surface area (Å²) < 4.78 is 10.2. The van der Waals surface area contributed by atoms with E-state index < -0.39 is 17.6 Å². The Hall–Kier alpha value is -3.06. The molecule has 0 fully saturated rings. The fraction of sp³-hybridized carbons (Fsp3) is 0.125. The maximum Gasteiger partial charge on any atom is 0.261 e. The summed E-state index contributed by atoms with van der Waals surface area (Å²) in [7, 11) is 0. The molecule has 0 aliphatic heterocycles. The van der Waals surface area contributed by atoms with E-state index in [4.69, 9.17) is 8.83 Å². The molecule has 7 heteroatoms. The highest BCUT2D eigenvalue weighted by molar-refractivity contribution is 5.94. The molecule has 0 spiro atoms. The third-order valence-electron chi connectivity index (χ3n) is 3.27. The number of aromatic nitrogens is 1. The molecular weight excluding hydrogens is 300 g/mol. The Morgan fingerprint density at radius 3 is 2.61 bits per heavy atom. The summed E-state index contributed by atoms with van der Waals surface area (Å²) in [5.74, 6) is 0.262. The van der Waals surface area contributed by atoms with Gasteiger partial charge in [0.05, 0.1) is 24.8 Å². The van der Waals surface area contributed by atoms with Gasteiger partial charge in [-0.3, -0.25) is 9.59 Å². The summed E-state index contributed by atoms with van der Waals surface area (Å²) in [6, 6.07) is 9.62. The molecule has 0 saturated heterocycles. The van der Waals surface area contributed by atoms with Gasteiger partial charge in [0.25, 0.3) is 11.5 Å². The van der Waals surface area contributed by atoms with Crippen LogP contribution in [-0.4, -0.2) is 22.5 Å². The molecule has 7 nitrogen and oxygen atoms in total. The number of furan rings is 2. The molecule has 0 bridgehead atoms. The van der Waals surface area contributed by atoms with Crippen molar-refractivity contribution >= 4 is 5.91 Å². The second-order valence-electron chi connectivity index (χ2n) is 4.83. The molecule has 1 atom stereocenters. The Kier molecular flexibility index (Phi) is 4.11. The zero-order valence-electron chi connectivity index (χ0n) is 12.0. The standard InChI is InChI=1S/C16H14N2O5/c19-12(14-4-2-8-23-14)9-17-15(20)10-5-6-11(18-16(10)21)13-3-1-7-22-13/h1-8,12,19H,9H2,(H,17,20)(H,18,21). The number of carbonyl (C=O) groups excluding carboxylic acids is 1. The molecule has 23 heavy (non-hydrogen) atoms. The van der Waals surface area contributed by atoms with E-state index in [9.17, 15) is 14.7 Å². The number of hydrogen-bond acceptors (Lipinski definition) is 5. The van der Waals surface area contributed by atoms with Crippen LogP contribution in [0.3, 0.4) is 0 Å². The van der Waals surface area contributed by atoms with E-state index in [2.05, 4.69) is 10.3 Å². The number of aliphatic hydroxyl groups excluding tert-OH is 1. The SMILES string of the molecule is O=C(NCC(O)c1ccco1)c1ccc(-c2ccco2)[nH]c1=O. The predicted octanol–water partition coefficient (Wildman–Crippen LogP) is 1.69. The van der Waals surface area contributed by atoms with Crippen molar-refractivity contribution in [1.82, 2.24) is 10.3 Å². The normalized spacial score (nSPS) is 12.0. The van der Waals surface area contributed by atoms with Gasteiger partial charge >= 0.3 is 0 Å². The van der Waals surface area contributed by atoms with Gasteiger partial charge < -0.3 is 24.2 Å². The quantitative estimate of drug-likeness (QED) is 0.664. The lowest BCUT2D eigenvalue weighted by atomic mass is 10.2. The number of hydrogen-bond donors (Lipinski definition) is 3. The average molecular weight is 314 g/mol. The van der Waals surface area contributed by atoms with Gasteiger partial charge in [0.2, 0.25) is 0 Å². The Morgan fingerprint density at radius 1 is 1.17 bits per heavy atom. The number of carbonyl (C=O) groups is 1.